The maximum Gasteiger partial charge on any atom is 0.272 e. The highest BCUT2D eigenvalue weighted by Gasteiger charge is 2.33. The van der Waals surface area contributed by atoms with Gasteiger partial charge in [-0.3, -0.25) is 14.4 Å². The molecule has 0 radical (unpaired) electrons. The number of carbonyl (C=O) groups is 3. The van der Waals surface area contributed by atoms with Crippen molar-refractivity contribution >= 4 is 17.7 Å². The van der Waals surface area contributed by atoms with Gasteiger partial charge in [-0.15, -0.1) is 0 Å². The molecule has 3 aromatic carbocycles. The van der Waals surface area contributed by atoms with Gasteiger partial charge in [0.05, 0.1) is 18.1 Å². The van der Waals surface area contributed by atoms with E-state index in [1.807, 2.05) is 147 Å². The second-order valence-corrected chi connectivity index (χ2v) is 14.0. The van der Waals surface area contributed by atoms with Gasteiger partial charge in [0.1, 0.15) is 34.6 Å². The van der Waals surface area contributed by atoms with Crippen molar-refractivity contribution in [1.29, 1.82) is 0 Å². The Labute approximate surface area is 314 Å². The maximum atomic E-state index is 14.3. The van der Waals surface area contributed by atoms with Crippen LogP contribution in [0.25, 0.3) is 0 Å². The van der Waals surface area contributed by atoms with Gasteiger partial charge in [0.15, 0.2) is 0 Å². The van der Waals surface area contributed by atoms with Gasteiger partial charge < -0.3 is 29.7 Å². The molecule has 3 N–H and O–H groups in total. The molecule has 12 nitrogen and oxygen atoms in total. The van der Waals surface area contributed by atoms with Crippen LogP contribution in [0.5, 0.6) is 0 Å². The zero-order valence-corrected chi connectivity index (χ0v) is 31.4. The zero-order chi connectivity index (χ0) is 38.1. The van der Waals surface area contributed by atoms with Crippen LogP contribution >= 0.6 is 0 Å². The number of amides is 3. The second kappa shape index (κ2) is 15.0. The Bertz CT molecular complexity index is 2060. The molecule has 3 atom stereocenters. The van der Waals surface area contributed by atoms with Crippen molar-refractivity contribution in [2.24, 2.45) is 21.1 Å². The topological polar surface area (TPSA) is 141 Å². The lowest BCUT2D eigenvalue weighted by Crippen LogP contribution is -2.34. The summed E-state index contributed by atoms with van der Waals surface area (Å²) >= 11 is 0. The lowest BCUT2D eigenvalue weighted by molar-refractivity contribution is 0.0923. The number of nitrogens with zero attached hydrogens (tertiary/aromatic N) is 6. The summed E-state index contributed by atoms with van der Waals surface area (Å²) in [6.07, 6.45) is 1.28. The summed E-state index contributed by atoms with van der Waals surface area (Å²) in [5.41, 5.74) is 5.61. The molecule has 0 saturated carbocycles. The first-order chi connectivity index (χ1) is 26.0. The highest BCUT2D eigenvalue weighted by Crippen LogP contribution is 2.27. The van der Waals surface area contributed by atoms with Gasteiger partial charge in [-0.25, -0.2) is 15.0 Å². The van der Waals surface area contributed by atoms with E-state index in [9.17, 15) is 14.4 Å². The number of aromatic nitrogens is 6. The van der Waals surface area contributed by atoms with Gasteiger partial charge in [0.25, 0.3) is 17.7 Å². The number of hydrogen-bond donors (Lipinski definition) is 3. The van der Waals surface area contributed by atoms with Gasteiger partial charge in [0, 0.05) is 38.2 Å². The summed E-state index contributed by atoms with van der Waals surface area (Å²) in [4.78, 5) is 57.6. The normalized spacial score (nSPS) is 17.7. The smallest absolute Gasteiger partial charge is 0.272 e. The third-order valence-corrected chi connectivity index (χ3v) is 10.6. The minimum atomic E-state index is -0.603. The average molecular weight is 724 g/mol. The molecule has 6 bridgehead atoms. The summed E-state index contributed by atoms with van der Waals surface area (Å²) in [5, 5.41) is 9.63. The molecular formula is C42H45N9O3. The molecule has 3 amide bonds. The summed E-state index contributed by atoms with van der Waals surface area (Å²) in [5.74, 6) is 0.444. The van der Waals surface area contributed by atoms with Crippen LogP contribution in [0.3, 0.4) is 0 Å². The number of hydrogen-bond acceptors (Lipinski definition) is 6. The van der Waals surface area contributed by atoms with Crippen molar-refractivity contribution in [3.63, 3.8) is 0 Å². The van der Waals surface area contributed by atoms with E-state index < -0.39 is 18.1 Å². The lowest BCUT2D eigenvalue weighted by atomic mass is 10.0. The first-order valence-electron chi connectivity index (χ1n) is 18.1. The Balaban J connectivity index is 1.39. The van der Waals surface area contributed by atoms with E-state index in [-0.39, 0.29) is 34.8 Å². The van der Waals surface area contributed by atoms with Gasteiger partial charge in [-0.2, -0.15) is 0 Å². The number of fused-ring (bicyclic) bond motifs is 6. The predicted molar refractivity (Wildman–Crippen MR) is 205 cm³/mol. The fraction of sp³-hybridized carbons (Fsp3) is 0.286. The second-order valence-electron chi connectivity index (χ2n) is 14.0. The summed E-state index contributed by atoms with van der Waals surface area (Å²) in [6.45, 7) is 5.53. The van der Waals surface area contributed by atoms with Crippen molar-refractivity contribution in [1.82, 2.24) is 44.6 Å². The molecule has 54 heavy (non-hydrogen) atoms. The monoisotopic (exact) mass is 723 g/mol. The number of imidazole rings is 3. The Morgan fingerprint density at radius 1 is 0.444 bits per heavy atom. The summed E-state index contributed by atoms with van der Waals surface area (Å²) in [7, 11) is 5.56. The molecule has 0 spiro atoms. The molecule has 276 valence electrons. The molecular weight excluding hydrogens is 679 g/mol. The van der Waals surface area contributed by atoms with E-state index in [1.54, 1.807) is 0 Å². The quantitative estimate of drug-likeness (QED) is 0.214. The van der Waals surface area contributed by atoms with Crippen LogP contribution in [0.4, 0.5) is 0 Å². The molecule has 6 aromatic rings. The Morgan fingerprint density at radius 2 is 0.685 bits per heavy atom. The van der Waals surface area contributed by atoms with Crippen molar-refractivity contribution < 1.29 is 14.4 Å². The Morgan fingerprint density at radius 3 is 0.926 bits per heavy atom. The van der Waals surface area contributed by atoms with Crippen LogP contribution in [-0.4, -0.2) is 46.4 Å². The molecule has 4 heterocycles. The maximum absolute atomic E-state index is 14.3. The molecule has 0 aliphatic carbocycles. The Hall–Kier alpha value is -6.30. The lowest BCUT2D eigenvalue weighted by Gasteiger charge is -2.19. The van der Waals surface area contributed by atoms with Gasteiger partial charge in [-0.05, 0) is 56.7 Å². The number of carbonyl (C=O) groups excluding carboxylic acids is 3. The van der Waals surface area contributed by atoms with Gasteiger partial charge >= 0.3 is 0 Å². The minimum absolute atomic E-state index is 0.239. The molecule has 1 aliphatic rings. The van der Waals surface area contributed by atoms with Crippen LogP contribution < -0.4 is 16.0 Å². The fourth-order valence-electron chi connectivity index (χ4n) is 7.23. The van der Waals surface area contributed by atoms with Crippen LogP contribution in [-0.2, 0) is 40.4 Å². The molecule has 0 saturated heterocycles. The van der Waals surface area contributed by atoms with Crippen LogP contribution in [0.2, 0.25) is 0 Å². The van der Waals surface area contributed by atoms with E-state index in [0.717, 1.165) is 16.7 Å². The van der Waals surface area contributed by atoms with Gasteiger partial charge in [-0.1, -0.05) is 91.0 Å². The van der Waals surface area contributed by atoms with E-state index >= 15 is 0 Å². The SMILES string of the molecule is Cc1c2nc(n1C)[C@H](Cc1ccccc1)NC(=O)c1nc(n(C)c1C)[C@H](Cc1ccccc1)NC(=O)c1nc(n(C)c1C)[C@H](Cc1ccccc1)NC2=O. The van der Waals surface area contributed by atoms with E-state index in [2.05, 4.69) is 16.0 Å². The highest BCUT2D eigenvalue weighted by molar-refractivity contribution is 5.96. The first kappa shape index (κ1) is 36.1. The van der Waals surface area contributed by atoms with E-state index in [0.29, 0.717) is 53.8 Å². The zero-order valence-electron chi connectivity index (χ0n) is 31.4. The molecule has 0 fully saturated rings. The highest BCUT2D eigenvalue weighted by atomic mass is 16.2. The Kier molecular flexibility index (Phi) is 10.0. The van der Waals surface area contributed by atoms with Crippen molar-refractivity contribution in [2.45, 2.75) is 58.2 Å². The summed E-state index contributed by atoms with van der Waals surface area (Å²) < 4.78 is 5.59. The largest absolute Gasteiger partial charge is 0.340 e. The third kappa shape index (κ3) is 7.06. The molecule has 3 aromatic heterocycles. The molecule has 12 heteroatoms. The number of nitrogens with one attached hydrogen (secondary N) is 3. The first-order valence-corrected chi connectivity index (χ1v) is 18.1. The van der Waals surface area contributed by atoms with Crippen molar-refractivity contribution in [3.8, 4) is 0 Å². The van der Waals surface area contributed by atoms with Gasteiger partial charge in [0.2, 0.25) is 0 Å². The standard InChI is InChI=1S/C42H45N9O3/c1-25-34-40(52)43-32(23-29-18-12-8-13-19-29)38-47-36(27(3)50(38)5)42(54)45-33(24-30-20-14-9-15-21-30)39-48-35(26(2)51(39)6)41(53)44-31(37(46-34)49(25)4)22-28-16-10-7-11-17-28/h7-21,31-33H,22-24H2,1-6H3,(H,43,52)(H,44,53)(H,45,54)/t31-,32-,33-/m0/s1. The van der Waals surface area contributed by atoms with Crippen molar-refractivity contribution in [3.05, 3.63) is 159 Å². The summed E-state index contributed by atoms with van der Waals surface area (Å²) in [6, 6.07) is 27.7. The fourth-order valence-corrected chi connectivity index (χ4v) is 7.23. The number of rotatable bonds is 6. The third-order valence-electron chi connectivity index (χ3n) is 10.6. The van der Waals surface area contributed by atoms with E-state index in [4.69, 9.17) is 15.0 Å². The molecule has 7 rings (SSSR count). The average Bonchev–Trinajstić information content (AvgIpc) is 3.76. The van der Waals surface area contributed by atoms with Crippen LogP contribution in [0.15, 0.2) is 91.0 Å². The van der Waals surface area contributed by atoms with Crippen molar-refractivity contribution in [2.75, 3.05) is 0 Å². The predicted octanol–water partition coefficient (Wildman–Crippen LogP) is 5.27. The minimum Gasteiger partial charge on any atom is -0.340 e. The van der Waals surface area contributed by atoms with Crippen LogP contribution in [0.1, 0.15) is 101 Å². The molecule has 1 aliphatic heterocycles. The molecule has 0 unspecified atom stereocenters. The van der Waals surface area contributed by atoms with E-state index in [1.165, 1.54) is 0 Å². The van der Waals surface area contributed by atoms with Crippen LogP contribution in [0, 0.1) is 20.8 Å². The number of benzene rings is 3.